The molecule has 0 saturated heterocycles. The first-order chi connectivity index (χ1) is 10.2. The molecule has 0 aliphatic heterocycles. The van der Waals surface area contributed by atoms with Crippen LogP contribution in [0.1, 0.15) is 4.88 Å². The van der Waals surface area contributed by atoms with Crippen molar-refractivity contribution in [1.82, 2.24) is 4.98 Å². The number of thiazole rings is 1. The van der Waals surface area contributed by atoms with Crippen molar-refractivity contribution < 1.29 is 13.9 Å². The van der Waals surface area contributed by atoms with Crippen molar-refractivity contribution in [2.75, 3.05) is 0 Å². The number of rotatable bonds is 3. The lowest BCUT2D eigenvalue weighted by Gasteiger charge is -1.99. The van der Waals surface area contributed by atoms with Gasteiger partial charge >= 0.3 is 0 Å². The molecule has 1 aromatic heterocycles. The first-order valence-electron chi connectivity index (χ1n) is 6.30. The van der Waals surface area contributed by atoms with Crippen molar-refractivity contribution in [3.05, 3.63) is 65.0 Å². The molecule has 0 amide bonds. The molecule has 0 fully saturated rings. The highest BCUT2D eigenvalue weighted by atomic mass is 32.1. The van der Waals surface area contributed by atoms with Crippen LogP contribution < -0.4 is 0 Å². The zero-order chi connectivity index (χ0) is 14.8. The lowest BCUT2D eigenvalue weighted by Crippen LogP contribution is -1.85. The molecule has 2 aromatic carbocycles. The van der Waals surface area contributed by atoms with Gasteiger partial charge in [-0.15, -0.1) is 11.3 Å². The Morgan fingerprint density at radius 3 is 1.90 bits per heavy atom. The van der Waals surface area contributed by atoms with E-state index in [1.54, 1.807) is 24.3 Å². The molecular weight excluding hydrogens is 292 g/mol. The van der Waals surface area contributed by atoms with Gasteiger partial charge in [0, 0.05) is 11.1 Å². The van der Waals surface area contributed by atoms with Gasteiger partial charge in [-0.3, -0.25) is 0 Å². The van der Waals surface area contributed by atoms with E-state index in [-0.39, 0.29) is 18.2 Å². The van der Waals surface area contributed by atoms with E-state index in [1.165, 1.54) is 35.6 Å². The summed E-state index contributed by atoms with van der Waals surface area (Å²) in [7, 11) is 0. The fourth-order valence-electron chi connectivity index (χ4n) is 2.01. The molecule has 0 aliphatic rings. The lowest BCUT2D eigenvalue weighted by atomic mass is 10.1. The maximum Gasteiger partial charge on any atom is 0.124 e. The number of aliphatic hydroxyl groups is 1. The van der Waals surface area contributed by atoms with Crippen molar-refractivity contribution in [3.8, 4) is 21.8 Å². The largest absolute Gasteiger partial charge is 0.391 e. The topological polar surface area (TPSA) is 33.1 Å². The van der Waals surface area contributed by atoms with E-state index in [9.17, 15) is 13.9 Å². The first kappa shape index (κ1) is 13.9. The number of halogens is 2. The van der Waals surface area contributed by atoms with Crippen molar-refractivity contribution in [1.29, 1.82) is 0 Å². The van der Waals surface area contributed by atoms with Gasteiger partial charge < -0.3 is 5.11 Å². The van der Waals surface area contributed by atoms with E-state index in [4.69, 9.17) is 0 Å². The van der Waals surface area contributed by atoms with Crippen molar-refractivity contribution in [2.24, 2.45) is 0 Å². The van der Waals surface area contributed by atoms with E-state index in [1.807, 2.05) is 0 Å². The molecule has 0 bridgehead atoms. The second-order valence-corrected chi connectivity index (χ2v) is 5.55. The third-order valence-corrected chi connectivity index (χ3v) is 4.14. The summed E-state index contributed by atoms with van der Waals surface area (Å²) < 4.78 is 26.0. The Morgan fingerprint density at radius 2 is 1.38 bits per heavy atom. The van der Waals surface area contributed by atoms with Gasteiger partial charge in [-0.2, -0.15) is 0 Å². The predicted molar refractivity (Wildman–Crippen MR) is 78.8 cm³/mol. The highest BCUT2D eigenvalue weighted by molar-refractivity contribution is 7.15. The Morgan fingerprint density at radius 1 is 0.857 bits per heavy atom. The second kappa shape index (κ2) is 5.71. The van der Waals surface area contributed by atoms with Crippen molar-refractivity contribution in [3.63, 3.8) is 0 Å². The van der Waals surface area contributed by atoms with Crippen LogP contribution in [0.4, 0.5) is 8.78 Å². The van der Waals surface area contributed by atoms with E-state index in [2.05, 4.69) is 4.98 Å². The van der Waals surface area contributed by atoms with Gasteiger partial charge in [0.25, 0.3) is 0 Å². The van der Waals surface area contributed by atoms with Gasteiger partial charge in [-0.1, -0.05) is 0 Å². The molecule has 21 heavy (non-hydrogen) atoms. The average Bonchev–Trinajstić information content (AvgIpc) is 2.93. The SMILES string of the molecule is OCc1sc(-c2ccc(F)cc2)nc1-c1ccc(F)cc1. The summed E-state index contributed by atoms with van der Waals surface area (Å²) in [5, 5.41) is 10.2. The molecule has 1 heterocycles. The van der Waals surface area contributed by atoms with Crippen LogP contribution in [-0.2, 0) is 6.61 Å². The number of aliphatic hydroxyl groups excluding tert-OH is 1. The van der Waals surface area contributed by atoms with Crippen LogP contribution >= 0.6 is 11.3 Å². The summed E-state index contributed by atoms with van der Waals surface area (Å²) in [5.74, 6) is -0.630. The van der Waals surface area contributed by atoms with Crippen LogP contribution in [0.5, 0.6) is 0 Å². The van der Waals surface area contributed by atoms with Crippen molar-refractivity contribution in [2.45, 2.75) is 6.61 Å². The number of nitrogens with zero attached hydrogens (tertiary/aromatic N) is 1. The minimum atomic E-state index is -0.321. The van der Waals surface area contributed by atoms with Crippen LogP contribution in [0.3, 0.4) is 0 Å². The number of hydrogen-bond acceptors (Lipinski definition) is 3. The predicted octanol–water partition coefficient (Wildman–Crippen LogP) is 4.25. The summed E-state index contributed by atoms with van der Waals surface area (Å²) in [4.78, 5) is 5.19. The van der Waals surface area contributed by atoms with E-state index in [0.29, 0.717) is 15.6 Å². The number of benzene rings is 2. The minimum absolute atomic E-state index is 0.147. The van der Waals surface area contributed by atoms with E-state index in [0.717, 1.165) is 11.1 Å². The quantitative estimate of drug-likeness (QED) is 0.784. The molecule has 0 atom stereocenters. The molecule has 5 heteroatoms. The highest BCUT2D eigenvalue weighted by Crippen LogP contribution is 2.34. The zero-order valence-corrected chi connectivity index (χ0v) is 11.7. The molecule has 1 N–H and O–H groups in total. The third-order valence-electron chi connectivity index (χ3n) is 3.05. The first-order valence-corrected chi connectivity index (χ1v) is 7.11. The van der Waals surface area contributed by atoms with E-state index >= 15 is 0 Å². The molecule has 2 nitrogen and oxygen atoms in total. The Kier molecular flexibility index (Phi) is 3.77. The van der Waals surface area contributed by atoms with Gasteiger partial charge in [0.05, 0.1) is 17.2 Å². The average molecular weight is 303 g/mol. The third kappa shape index (κ3) is 2.84. The lowest BCUT2D eigenvalue weighted by molar-refractivity contribution is 0.286. The maximum absolute atomic E-state index is 13.0. The molecule has 3 rings (SSSR count). The Balaban J connectivity index is 2.05. The van der Waals surface area contributed by atoms with Crippen LogP contribution in [0.25, 0.3) is 21.8 Å². The van der Waals surface area contributed by atoms with Crippen molar-refractivity contribution >= 4 is 11.3 Å². The summed E-state index contributed by atoms with van der Waals surface area (Å²) in [6, 6.07) is 12.0. The number of hydrogen-bond donors (Lipinski definition) is 1. The fourth-order valence-corrected chi connectivity index (χ4v) is 2.96. The molecular formula is C16H11F2NOS. The maximum atomic E-state index is 13.0. The molecule has 0 saturated carbocycles. The summed E-state index contributed by atoms with van der Waals surface area (Å²) in [6.07, 6.45) is 0. The molecule has 0 aliphatic carbocycles. The zero-order valence-electron chi connectivity index (χ0n) is 10.9. The molecule has 0 unspecified atom stereocenters. The van der Waals surface area contributed by atoms with Gasteiger partial charge in [0.2, 0.25) is 0 Å². The molecule has 106 valence electrons. The van der Waals surface area contributed by atoms with E-state index < -0.39 is 0 Å². The fraction of sp³-hybridized carbons (Fsp3) is 0.0625. The molecule has 0 radical (unpaired) electrons. The van der Waals surface area contributed by atoms with Crippen LogP contribution in [0.15, 0.2) is 48.5 Å². The van der Waals surface area contributed by atoms with Gasteiger partial charge in [-0.05, 0) is 48.5 Å². The number of aromatic nitrogens is 1. The van der Waals surface area contributed by atoms with Crippen LogP contribution in [-0.4, -0.2) is 10.1 Å². The molecule has 3 aromatic rings. The molecule has 0 spiro atoms. The monoisotopic (exact) mass is 303 g/mol. The Bertz CT molecular complexity index is 751. The Hall–Kier alpha value is -2.11. The van der Waals surface area contributed by atoms with Crippen LogP contribution in [0, 0.1) is 11.6 Å². The minimum Gasteiger partial charge on any atom is -0.391 e. The smallest absolute Gasteiger partial charge is 0.124 e. The van der Waals surface area contributed by atoms with Gasteiger partial charge in [-0.25, -0.2) is 13.8 Å². The second-order valence-electron chi connectivity index (χ2n) is 4.46. The van der Waals surface area contributed by atoms with Gasteiger partial charge in [0.15, 0.2) is 0 Å². The normalized spacial score (nSPS) is 10.8. The summed E-state index contributed by atoms with van der Waals surface area (Å²) >= 11 is 1.34. The highest BCUT2D eigenvalue weighted by Gasteiger charge is 2.13. The summed E-state index contributed by atoms with van der Waals surface area (Å²) in [5.41, 5.74) is 2.15. The summed E-state index contributed by atoms with van der Waals surface area (Å²) in [6.45, 7) is -0.147. The Labute approximate surface area is 124 Å². The van der Waals surface area contributed by atoms with Gasteiger partial charge in [0.1, 0.15) is 16.6 Å². The standard InChI is InChI=1S/C16H11F2NOS/c17-12-5-1-10(2-6-12)15-14(9-20)21-16(19-15)11-3-7-13(18)8-4-11/h1-8,20H,9H2. The van der Waals surface area contributed by atoms with Crippen LogP contribution in [0.2, 0.25) is 0 Å².